The van der Waals surface area contributed by atoms with Gasteiger partial charge in [-0.15, -0.1) is 0 Å². The van der Waals surface area contributed by atoms with Gasteiger partial charge in [-0.25, -0.2) is 8.42 Å². The third kappa shape index (κ3) is 3.90. The molecule has 0 aromatic heterocycles. The van der Waals surface area contributed by atoms with E-state index in [0.29, 0.717) is 36.4 Å². The predicted octanol–water partition coefficient (Wildman–Crippen LogP) is 2.53. The van der Waals surface area contributed by atoms with Crippen molar-refractivity contribution in [1.82, 2.24) is 4.31 Å². The summed E-state index contributed by atoms with van der Waals surface area (Å²) >= 11 is 0. The summed E-state index contributed by atoms with van der Waals surface area (Å²) in [5, 5.41) is 2.68. The Labute approximate surface area is 181 Å². The zero-order valence-corrected chi connectivity index (χ0v) is 18.3. The molecule has 164 valence electrons. The van der Waals surface area contributed by atoms with Crippen LogP contribution in [0, 0.1) is 6.92 Å². The van der Waals surface area contributed by atoms with Crippen molar-refractivity contribution < 1.29 is 22.7 Å². The normalized spacial score (nSPS) is 18.8. The number of carbonyl (C=O) groups is 2. The molecule has 0 saturated carbocycles. The van der Waals surface area contributed by atoms with Crippen LogP contribution in [0.4, 0.5) is 11.4 Å². The van der Waals surface area contributed by atoms with Crippen molar-refractivity contribution in [2.45, 2.75) is 37.6 Å². The van der Waals surface area contributed by atoms with Crippen molar-refractivity contribution in [3.63, 3.8) is 0 Å². The maximum atomic E-state index is 13.6. The van der Waals surface area contributed by atoms with Crippen LogP contribution in [-0.4, -0.2) is 50.3 Å². The molecule has 2 heterocycles. The highest BCUT2D eigenvalue weighted by Crippen LogP contribution is 2.36. The standard InChI is InChI=1S/C22H25N3O5S/c1-3-24(16-8-5-4-6-9-16)22(27)18-10-7-11-25(18)31(28,29)20-13-19-17(12-15(20)2)23-21(26)14-30-19/h4-6,8-9,12-13,18H,3,7,10-11,14H2,1-2H3,(H,23,26)/t18-/m1/s1. The number of para-hydroxylation sites is 1. The number of fused-ring (bicyclic) bond motifs is 1. The lowest BCUT2D eigenvalue weighted by Gasteiger charge is -2.30. The number of hydrogen-bond acceptors (Lipinski definition) is 5. The van der Waals surface area contributed by atoms with Crippen molar-refractivity contribution in [3.8, 4) is 5.75 Å². The summed E-state index contributed by atoms with van der Waals surface area (Å²) in [6.45, 7) is 4.10. The van der Waals surface area contributed by atoms with E-state index in [9.17, 15) is 18.0 Å². The van der Waals surface area contributed by atoms with Crippen molar-refractivity contribution in [1.29, 1.82) is 0 Å². The summed E-state index contributed by atoms with van der Waals surface area (Å²) < 4.78 is 33.9. The fourth-order valence-corrected chi connectivity index (χ4v) is 6.02. The maximum absolute atomic E-state index is 13.6. The Morgan fingerprint density at radius 1 is 1.26 bits per heavy atom. The molecule has 8 nitrogen and oxygen atoms in total. The number of nitrogens with one attached hydrogen (secondary N) is 1. The van der Waals surface area contributed by atoms with Crippen LogP contribution < -0.4 is 15.0 Å². The van der Waals surface area contributed by atoms with E-state index in [-0.39, 0.29) is 29.9 Å². The smallest absolute Gasteiger partial charge is 0.262 e. The number of likely N-dealkylation sites (N-methyl/N-ethyl adjacent to an activating group) is 1. The van der Waals surface area contributed by atoms with Crippen LogP contribution >= 0.6 is 0 Å². The molecule has 0 spiro atoms. The molecule has 2 aliphatic heterocycles. The summed E-state index contributed by atoms with van der Waals surface area (Å²) in [5.41, 5.74) is 1.68. The number of carbonyl (C=O) groups excluding carboxylic acids is 2. The van der Waals surface area contributed by atoms with Crippen LogP contribution in [0.3, 0.4) is 0 Å². The fraction of sp³-hybridized carbons (Fsp3) is 0.364. The van der Waals surface area contributed by atoms with Crippen molar-refractivity contribution in [2.24, 2.45) is 0 Å². The van der Waals surface area contributed by atoms with E-state index < -0.39 is 16.1 Å². The first-order chi connectivity index (χ1) is 14.8. The quantitative estimate of drug-likeness (QED) is 0.766. The molecule has 0 radical (unpaired) electrons. The number of benzene rings is 2. The topological polar surface area (TPSA) is 96.0 Å². The minimum atomic E-state index is -3.94. The molecule has 0 unspecified atom stereocenters. The Bertz CT molecular complexity index is 1120. The van der Waals surface area contributed by atoms with Gasteiger partial charge in [-0.05, 0) is 50.5 Å². The fourth-order valence-electron chi connectivity index (χ4n) is 4.15. The zero-order valence-electron chi connectivity index (χ0n) is 17.5. The van der Waals surface area contributed by atoms with Gasteiger partial charge in [0.15, 0.2) is 6.61 Å². The van der Waals surface area contributed by atoms with E-state index in [1.807, 2.05) is 37.3 Å². The van der Waals surface area contributed by atoms with E-state index in [1.165, 1.54) is 10.4 Å². The van der Waals surface area contributed by atoms with E-state index in [4.69, 9.17) is 4.74 Å². The minimum absolute atomic E-state index is 0.0878. The van der Waals surface area contributed by atoms with Crippen LogP contribution in [0.5, 0.6) is 5.75 Å². The highest BCUT2D eigenvalue weighted by molar-refractivity contribution is 7.89. The van der Waals surface area contributed by atoms with Gasteiger partial charge in [-0.2, -0.15) is 4.31 Å². The summed E-state index contributed by atoms with van der Waals surface area (Å²) in [6.07, 6.45) is 1.08. The Hall–Kier alpha value is -2.91. The molecule has 4 rings (SSSR count). The van der Waals surface area contributed by atoms with Crippen LogP contribution in [0.15, 0.2) is 47.4 Å². The van der Waals surface area contributed by atoms with Gasteiger partial charge in [-0.1, -0.05) is 18.2 Å². The molecule has 0 bridgehead atoms. The lowest BCUT2D eigenvalue weighted by atomic mass is 10.2. The average molecular weight is 444 g/mol. The second-order valence-corrected chi connectivity index (χ2v) is 9.50. The number of ether oxygens (including phenoxy) is 1. The number of sulfonamides is 1. The van der Waals surface area contributed by atoms with Crippen LogP contribution in [-0.2, 0) is 19.6 Å². The van der Waals surface area contributed by atoms with Gasteiger partial charge in [-0.3, -0.25) is 9.59 Å². The molecule has 9 heteroatoms. The lowest BCUT2D eigenvalue weighted by Crippen LogP contribution is -2.48. The first kappa shape index (κ1) is 21.3. The third-order valence-electron chi connectivity index (χ3n) is 5.64. The molecule has 2 amide bonds. The summed E-state index contributed by atoms with van der Waals surface area (Å²) in [6, 6.07) is 11.5. The zero-order chi connectivity index (χ0) is 22.2. The highest BCUT2D eigenvalue weighted by atomic mass is 32.2. The van der Waals surface area contributed by atoms with Crippen molar-refractivity contribution >= 4 is 33.2 Å². The van der Waals surface area contributed by atoms with Gasteiger partial charge < -0.3 is 15.0 Å². The molecule has 1 N–H and O–H groups in total. The second kappa shape index (κ2) is 8.32. The SMILES string of the molecule is CCN(C(=O)[C@H]1CCCN1S(=O)(=O)c1cc2c(cc1C)NC(=O)CO2)c1ccccc1. The van der Waals surface area contributed by atoms with Crippen molar-refractivity contribution in [2.75, 3.05) is 29.9 Å². The first-order valence-electron chi connectivity index (χ1n) is 10.3. The second-order valence-electron chi connectivity index (χ2n) is 7.64. The maximum Gasteiger partial charge on any atom is 0.262 e. The third-order valence-corrected chi connectivity index (χ3v) is 7.69. The van der Waals surface area contributed by atoms with Gasteiger partial charge in [0.05, 0.1) is 10.6 Å². The summed E-state index contributed by atoms with van der Waals surface area (Å²) in [4.78, 5) is 26.6. The monoisotopic (exact) mass is 443 g/mol. The number of amides is 2. The molecule has 2 aromatic carbocycles. The molecular formula is C22H25N3O5S. The largest absolute Gasteiger partial charge is 0.482 e. The first-order valence-corrected chi connectivity index (χ1v) is 11.7. The summed E-state index contributed by atoms with van der Waals surface area (Å²) in [7, 11) is -3.94. The molecule has 31 heavy (non-hydrogen) atoms. The Morgan fingerprint density at radius 3 is 2.71 bits per heavy atom. The Balaban J connectivity index is 1.67. The number of aryl methyl sites for hydroxylation is 1. The Kier molecular flexibility index (Phi) is 5.72. The van der Waals surface area contributed by atoms with Gasteiger partial charge >= 0.3 is 0 Å². The number of hydrogen-bond donors (Lipinski definition) is 1. The Morgan fingerprint density at radius 2 is 2.00 bits per heavy atom. The number of rotatable bonds is 5. The van der Waals surface area contributed by atoms with Gasteiger partial charge in [0.25, 0.3) is 5.91 Å². The molecule has 1 fully saturated rings. The molecule has 1 saturated heterocycles. The number of anilines is 2. The highest BCUT2D eigenvalue weighted by Gasteiger charge is 2.42. The molecule has 0 aliphatic carbocycles. The van der Waals surface area contributed by atoms with Crippen LogP contribution in [0.25, 0.3) is 0 Å². The molecular weight excluding hydrogens is 418 g/mol. The predicted molar refractivity (Wildman–Crippen MR) is 117 cm³/mol. The minimum Gasteiger partial charge on any atom is -0.482 e. The van der Waals surface area contributed by atoms with Gasteiger partial charge in [0.1, 0.15) is 11.8 Å². The van der Waals surface area contributed by atoms with Gasteiger partial charge in [0, 0.05) is 24.8 Å². The van der Waals surface area contributed by atoms with E-state index in [1.54, 1.807) is 17.9 Å². The lowest BCUT2D eigenvalue weighted by molar-refractivity contribution is -0.121. The van der Waals surface area contributed by atoms with Crippen molar-refractivity contribution in [3.05, 3.63) is 48.0 Å². The van der Waals surface area contributed by atoms with E-state index >= 15 is 0 Å². The average Bonchev–Trinajstić information content (AvgIpc) is 3.25. The molecule has 2 aromatic rings. The molecule has 2 aliphatic rings. The number of nitrogens with zero attached hydrogens (tertiary/aromatic N) is 2. The molecule has 1 atom stereocenters. The van der Waals surface area contributed by atoms with Crippen LogP contribution in [0.1, 0.15) is 25.3 Å². The van der Waals surface area contributed by atoms with Gasteiger partial charge in [0.2, 0.25) is 15.9 Å². The van der Waals surface area contributed by atoms with Crippen LogP contribution in [0.2, 0.25) is 0 Å². The summed E-state index contributed by atoms with van der Waals surface area (Å²) in [5.74, 6) is -0.201. The van der Waals surface area contributed by atoms with E-state index in [2.05, 4.69) is 5.32 Å². The van der Waals surface area contributed by atoms with E-state index in [0.717, 1.165) is 5.69 Å².